The van der Waals surface area contributed by atoms with Gasteiger partial charge in [0.15, 0.2) is 0 Å². The number of benzene rings is 2. The number of carbonyl (C=O) groups excluding carboxylic acids is 2. The highest BCUT2D eigenvalue weighted by Gasteiger charge is 2.35. The first-order valence-corrected chi connectivity index (χ1v) is 8.59. The molecule has 1 aliphatic rings. The van der Waals surface area contributed by atoms with Gasteiger partial charge in [-0.2, -0.15) is 0 Å². The van der Waals surface area contributed by atoms with Crippen molar-refractivity contribution >= 4 is 35.0 Å². The molecule has 0 saturated carbocycles. The first-order valence-electron chi connectivity index (χ1n) is 7.54. The normalized spacial score (nSPS) is 17.0. The second-order valence-electron chi connectivity index (χ2n) is 5.40. The minimum atomic E-state index is -0.111. The summed E-state index contributed by atoms with van der Waals surface area (Å²) >= 11 is 1.58. The molecular formula is C18H18N2O3S. The van der Waals surface area contributed by atoms with E-state index in [2.05, 4.69) is 5.32 Å². The molecule has 0 aliphatic carbocycles. The zero-order valence-corrected chi connectivity index (χ0v) is 14.3. The number of rotatable bonds is 4. The predicted octanol–water partition coefficient (Wildman–Crippen LogP) is 3.43. The van der Waals surface area contributed by atoms with Crippen molar-refractivity contribution in [3.05, 3.63) is 54.1 Å². The van der Waals surface area contributed by atoms with E-state index < -0.39 is 0 Å². The van der Waals surface area contributed by atoms with Gasteiger partial charge in [0.1, 0.15) is 11.1 Å². The molecule has 0 bridgehead atoms. The summed E-state index contributed by atoms with van der Waals surface area (Å²) in [6, 6.07) is 15.1. The highest BCUT2D eigenvalue weighted by Crippen LogP contribution is 2.44. The highest BCUT2D eigenvalue weighted by molar-refractivity contribution is 8.00. The molecule has 1 heterocycles. The molecule has 2 amide bonds. The number of ether oxygens (including phenoxy) is 1. The van der Waals surface area contributed by atoms with E-state index in [-0.39, 0.29) is 17.2 Å². The monoisotopic (exact) mass is 342 g/mol. The average molecular weight is 342 g/mol. The Morgan fingerprint density at radius 2 is 1.92 bits per heavy atom. The Kier molecular flexibility index (Phi) is 4.76. The van der Waals surface area contributed by atoms with Crippen LogP contribution in [0, 0.1) is 0 Å². The predicted molar refractivity (Wildman–Crippen MR) is 96.4 cm³/mol. The van der Waals surface area contributed by atoms with Gasteiger partial charge < -0.3 is 10.1 Å². The van der Waals surface area contributed by atoms with Gasteiger partial charge in [-0.05, 0) is 29.8 Å². The number of para-hydroxylation sites is 2. The SMILES string of the molecule is COc1ccccc1N1C(=O)CSC1c1ccc(NC(C)=O)cc1. The van der Waals surface area contributed by atoms with Gasteiger partial charge in [-0.25, -0.2) is 0 Å². The maximum absolute atomic E-state index is 12.4. The van der Waals surface area contributed by atoms with E-state index in [1.165, 1.54) is 6.92 Å². The fraction of sp³-hybridized carbons (Fsp3) is 0.222. The maximum Gasteiger partial charge on any atom is 0.238 e. The molecule has 1 fully saturated rings. The van der Waals surface area contributed by atoms with Crippen molar-refractivity contribution in [1.29, 1.82) is 0 Å². The van der Waals surface area contributed by atoms with E-state index in [0.29, 0.717) is 11.5 Å². The lowest BCUT2D eigenvalue weighted by atomic mass is 10.1. The van der Waals surface area contributed by atoms with Crippen LogP contribution in [0.3, 0.4) is 0 Å². The minimum absolute atomic E-state index is 0.0560. The average Bonchev–Trinajstić information content (AvgIpc) is 2.96. The van der Waals surface area contributed by atoms with E-state index in [1.54, 1.807) is 23.8 Å². The number of anilines is 2. The Bertz CT molecular complexity index is 761. The van der Waals surface area contributed by atoms with E-state index in [4.69, 9.17) is 4.74 Å². The summed E-state index contributed by atoms with van der Waals surface area (Å²) in [5, 5.41) is 2.64. The molecular weight excluding hydrogens is 324 g/mol. The van der Waals surface area contributed by atoms with Gasteiger partial charge in [-0.3, -0.25) is 14.5 Å². The van der Waals surface area contributed by atoms with E-state index in [1.807, 2.05) is 48.5 Å². The fourth-order valence-electron chi connectivity index (χ4n) is 2.69. The Hall–Kier alpha value is -2.47. The van der Waals surface area contributed by atoms with Crippen LogP contribution in [-0.2, 0) is 9.59 Å². The number of hydrogen-bond acceptors (Lipinski definition) is 4. The van der Waals surface area contributed by atoms with Crippen molar-refractivity contribution in [3.63, 3.8) is 0 Å². The molecule has 24 heavy (non-hydrogen) atoms. The Morgan fingerprint density at radius 1 is 1.21 bits per heavy atom. The van der Waals surface area contributed by atoms with Crippen molar-refractivity contribution in [2.45, 2.75) is 12.3 Å². The number of nitrogens with zero attached hydrogens (tertiary/aromatic N) is 1. The number of amides is 2. The molecule has 2 aromatic carbocycles. The molecule has 2 aromatic rings. The standard InChI is InChI=1S/C18H18N2O3S/c1-12(21)19-14-9-7-13(8-10-14)18-20(17(22)11-24-18)15-5-3-4-6-16(15)23-2/h3-10,18H,11H2,1-2H3,(H,19,21). The number of thioether (sulfide) groups is 1. The molecule has 0 aromatic heterocycles. The number of hydrogen-bond donors (Lipinski definition) is 1. The van der Waals surface area contributed by atoms with Gasteiger partial charge in [0.05, 0.1) is 18.6 Å². The largest absolute Gasteiger partial charge is 0.495 e. The second-order valence-corrected chi connectivity index (χ2v) is 6.47. The molecule has 1 saturated heterocycles. The van der Waals surface area contributed by atoms with Crippen LogP contribution >= 0.6 is 11.8 Å². The third kappa shape index (κ3) is 3.23. The van der Waals surface area contributed by atoms with Crippen LogP contribution < -0.4 is 15.0 Å². The maximum atomic E-state index is 12.4. The van der Waals surface area contributed by atoms with Crippen LogP contribution in [0.15, 0.2) is 48.5 Å². The van der Waals surface area contributed by atoms with Crippen molar-refractivity contribution in [3.8, 4) is 5.75 Å². The highest BCUT2D eigenvalue weighted by atomic mass is 32.2. The van der Waals surface area contributed by atoms with Crippen molar-refractivity contribution in [2.75, 3.05) is 23.1 Å². The molecule has 0 radical (unpaired) electrons. The lowest BCUT2D eigenvalue weighted by molar-refractivity contribution is -0.116. The molecule has 1 atom stereocenters. The lowest BCUT2D eigenvalue weighted by Crippen LogP contribution is -2.28. The molecule has 124 valence electrons. The smallest absolute Gasteiger partial charge is 0.238 e. The summed E-state index contributed by atoms with van der Waals surface area (Å²) < 4.78 is 5.40. The molecule has 6 heteroatoms. The van der Waals surface area contributed by atoms with Crippen LogP contribution in [0.4, 0.5) is 11.4 Å². The Labute approximate surface area is 145 Å². The van der Waals surface area contributed by atoms with Gasteiger partial charge in [-0.15, -0.1) is 11.8 Å². The first-order chi connectivity index (χ1) is 11.6. The van der Waals surface area contributed by atoms with Gasteiger partial charge in [0, 0.05) is 12.6 Å². The van der Waals surface area contributed by atoms with Gasteiger partial charge in [-0.1, -0.05) is 24.3 Å². The summed E-state index contributed by atoms with van der Waals surface area (Å²) in [5.41, 5.74) is 2.52. The third-order valence-electron chi connectivity index (χ3n) is 3.73. The van der Waals surface area contributed by atoms with Crippen LogP contribution in [0.1, 0.15) is 17.9 Å². The Morgan fingerprint density at radius 3 is 2.58 bits per heavy atom. The zero-order chi connectivity index (χ0) is 17.1. The van der Waals surface area contributed by atoms with Gasteiger partial charge in [0.2, 0.25) is 11.8 Å². The van der Waals surface area contributed by atoms with Crippen molar-refractivity contribution in [2.24, 2.45) is 0 Å². The lowest BCUT2D eigenvalue weighted by Gasteiger charge is -2.26. The fourth-order valence-corrected chi connectivity index (χ4v) is 3.86. The van der Waals surface area contributed by atoms with Gasteiger partial charge >= 0.3 is 0 Å². The third-order valence-corrected chi connectivity index (χ3v) is 4.94. The number of nitrogens with one attached hydrogen (secondary N) is 1. The Balaban J connectivity index is 1.92. The molecule has 1 N–H and O–H groups in total. The van der Waals surface area contributed by atoms with Crippen LogP contribution in [0.5, 0.6) is 5.75 Å². The molecule has 1 aliphatic heterocycles. The number of methoxy groups -OCH3 is 1. The summed E-state index contributed by atoms with van der Waals surface area (Å²) in [6.07, 6.45) is 0. The van der Waals surface area contributed by atoms with Crippen molar-refractivity contribution in [1.82, 2.24) is 0 Å². The quantitative estimate of drug-likeness (QED) is 0.925. The second kappa shape index (κ2) is 6.97. The molecule has 1 unspecified atom stereocenters. The summed E-state index contributed by atoms with van der Waals surface area (Å²) in [5.74, 6) is 1.05. The van der Waals surface area contributed by atoms with E-state index in [0.717, 1.165) is 16.9 Å². The van der Waals surface area contributed by atoms with Crippen LogP contribution in [0.2, 0.25) is 0 Å². The minimum Gasteiger partial charge on any atom is -0.495 e. The van der Waals surface area contributed by atoms with Crippen LogP contribution in [-0.4, -0.2) is 24.7 Å². The zero-order valence-electron chi connectivity index (χ0n) is 13.5. The first kappa shape index (κ1) is 16.4. The molecule has 0 spiro atoms. The number of carbonyl (C=O) groups is 2. The van der Waals surface area contributed by atoms with Crippen LogP contribution in [0.25, 0.3) is 0 Å². The topological polar surface area (TPSA) is 58.6 Å². The molecule has 5 nitrogen and oxygen atoms in total. The van der Waals surface area contributed by atoms with Gasteiger partial charge in [0.25, 0.3) is 0 Å². The van der Waals surface area contributed by atoms with E-state index >= 15 is 0 Å². The van der Waals surface area contributed by atoms with E-state index in [9.17, 15) is 9.59 Å². The molecule has 3 rings (SSSR count). The van der Waals surface area contributed by atoms with Crippen molar-refractivity contribution < 1.29 is 14.3 Å². The summed E-state index contributed by atoms with van der Waals surface area (Å²) in [7, 11) is 1.60. The summed E-state index contributed by atoms with van der Waals surface area (Å²) in [4.78, 5) is 25.3. The summed E-state index contributed by atoms with van der Waals surface area (Å²) in [6.45, 7) is 1.48.